The topological polar surface area (TPSA) is 192 Å². The molecule has 2 heterocycles. The van der Waals surface area contributed by atoms with Crippen molar-refractivity contribution < 1.29 is 37.8 Å². The highest BCUT2D eigenvalue weighted by Crippen LogP contribution is 2.39. The summed E-state index contributed by atoms with van der Waals surface area (Å²) in [5, 5.41) is 10.9. The zero-order chi connectivity index (χ0) is 45.1. The van der Waals surface area contributed by atoms with Gasteiger partial charge in [-0.05, 0) is 135 Å². The number of imidazole rings is 1. The number of fused-ring (bicyclic) bond motifs is 4. The van der Waals surface area contributed by atoms with Crippen LogP contribution >= 0.6 is 0 Å². The summed E-state index contributed by atoms with van der Waals surface area (Å²) in [6.45, 7) is 10.9. The van der Waals surface area contributed by atoms with Crippen LogP contribution < -0.4 is 21.7 Å². The van der Waals surface area contributed by atoms with E-state index in [0.29, 0.717) is 73.2 Å². The monoisotopic (exact) mass is 861 g/mol. The molecule has 1 aliphatic carbocycles. The number of carbonyl (C=O) groups excluding carboxylic acids is 4. The fourth-order valence-corrected chi connectivity index (χ4v) is 8.08. The second kappa shape index (κ2) is 18.4. The molecule has 7 rings (SSSR count). The number of anilines is 1. The molecular weight excluding hydrogens is 806 g/mol. The van der Waals surface area contributed by atoms with Crippen molar-refractivity contribution >= 4 is 62.6 Å². The zero-order valence-corrected chi connectivity index (χ0v) is 36.6. The number of aromatic nitrogens is 3. The van der Waals surface area contributed by atoms with Crippen LogP contribution in [-0.2, 0) is 19.0 Å². The molecule has 4 aromatic carbocycles. The Hall–Kier alpha value is -6.64. The number of carbonyl (C=O) groups is 4. The molecule has 0 radical (unpaired) electrons. The molecule has 15 heteroatoms. The van der Waals surface area contributed by atoms with Gasteiger partial charge < -0.3 is 45.4 Å². The number of rotatable bonds is 13. The normalized spacial score (nSPS) is 16.1. The molecule has 1 atom stereocenters. The standard InChI is InChI=1S/C48H56FN7O7/c1-47(2,3)62-45(59)51-25-10-9-14-36(55-46(60)63-48(4,5)6)44(58)61-31-21-18-29(19-22-31)52-37-27-30(20-23-32(37)42(50)57)56-39-15-8-7-12-33(39)41-34(13-11-16-40(41)56)43-53-35-24-17-28(49)26-38(35)54-43/h7-8,11-13,15-17,20,23-24,26-27,29,31,36,52H,9-10,14,18-19,21-22,25H2,1-6H3,(H2,50,57)(H,51,59)(H,53,54)(H,55,60)/t29?,31?,36-/m0/s1. The minimum absolute atomic E-state index is 0.0517. The first-order valence-corrected chi connectivity index (χ1v) is 21.5. The predicted octanol–water partition coefficient (Wildman–Crippen LogP) is 9.42. The maximum absolute atomic E-state index is 14.1. The van der Waals surface area contributed by atoms with Gasteiger partial charge in [-0.25, -0.2) is 23.8 Å². The number of alkyl carbamates (subject to hydrolysis) is 2. The Morgan fingerprint density at radius 2 is 1.57 bits per heavy atom. The number of para-hydroxylation sites is 1. The Morgan fingerprint density at radius 3 is 2.30 bits per heavy atom. The van der Waals surface area contributed by atoms with Crippen LogP contribution in [0.5, 0.6) is 0 Å². The number of amides is 3. The highest BCUT2D eigenvalue weighted by Gasteiger charge is 2.30. The van der Waals surface area contributed by atoms with Gasteiger partial charge in [0, 0.05) is 40.3 Å². The lowest BCUT2D eigenvalue weighted by molar-refractivity contribution is -0.153. The molecule has 0 bridgehead atoms. The Balaban J connectivity index is 1.05. The van der Waals surface area contributed by atoms with Crippen molar-refractivity contribution in [1.82, 2.24) is 25.2 Å². The molecule has 332 valence electrons. The number of unbranched alkanes of at least 4 members (excludes halogenated alkanes) is 1. The lowest BCUT2D eigenvalue weighted by atomic mass is 9.92. The van der Waals surface area contributed by atoms with Crippen LogP contribution in [0.15, 0.2) is 78.9 Å². The van der Waals surface area contributed by atoms with Crippen LogP contribution in [0.4, 0.5) is 19.7 Å². The maximum Gasteiger partial charge on any atom is 0.408 e. The fraction of sp³-hybridized carbons (Fsp3) is 0.396. The molecule has 1 fully saturated rings. The molecular formula is C48H56FN7O7. The maximum atomic E-state index is 14.1. The van der Waals surface area contributed by atoms with Crippen LogP contribution in [0, 0.1) is 5.82 Å². The number of H-pyrrole nitrogens is 1. The van der Waals surface area contributed by atoms with Crippen LogP contribution in [-0.4, -0.2) is 74.5 Å². The quantitative estimate of drug-likeness (QED) is 0.0428. The molecule has 1 aliphatic rings. The third-order valence-electron chi connectivity index (χ3n) is 10.8. The molecule has 6 aromatic rings. The largest absolute Gasteiger partial charge is 0.461 e. The third-order valence-corrected chi connectivity index (χ3v) is 10.8. The van der Waals surface area contributed by atoms with Gasteiger partial charge in [-0.15, -0.1) is 0 Å². The van der Waals surface area contributed by atoms with Crippen LogP contribution in [0.1, 0.15) is 96.8 Å². The van der Waals surface area contributed by atoms with Crippen molar-refractivity contribution in [2.45, 2.75) is 116 Å². The first-order valence-electron chi connectivity index (χ1n) is 21.5. The molecule has 0 saturated heterocycles. The van der Waals surface area contributed by atoms with E-state index in [4.69, 9.17) is 24.9 Å². The van der Waals surface area contributed by atoms with Crippen molar-refractivity contribution in [3.05, 3.63) is 90.2 Å². The van der Waals surface area contributed by atoms with E-state index in [9.17, 15) is 23.6 Å². The lowest BCUT2D eigenvalue weighted by Gasteiger charge is -2.31. The second-order valence-corrected chi connectivity index (χ2v) is 18.1. The lowest BCUT2D eigenvalue weighted by Crippen LogP contribution is -2.45. The van der Waals surface area contributed by atoms with Crippen molar-refractivity contribution in [3.63, 3.8) is 0 Å². The number of primary amides is 1. The number of hydrogen-bond acceptors (Lipinski definition) is 9. The zero-order valence-electron chi connectivity index (χ0n) is 36.6. The van der Waals surface area contributed by atoms with E-state index < -0.39 is 41.3 Å². The molecule has 2 aromatic heterocycles. The highest BCUT2D eigenvalue weighted by atomic mass is 19.1. The van der Waals surface area contributed by atoms with E-state index in [1.807, 2.05) is 48.5 Å². The number of nitrogens with zero attached hydrogens (tertiary/aromatic N) is 2. The SMILES string of the molecule is CC(C)(C)OC(=O)NCCCC[C@H](NC(=O)OC(C)(C)C)C(=O)OC1CCC(Nc2cc(-n3c4ccccc4c4c(-c5nc6ccc(F)cc6[nH]5)cccc43)ccc2C(N)=O)CC1. The molecule has 0 spiro atoms. The van der Waals surface area contributed by atoms with E-state index in [0.717, 1.165) is 33.1 Å². The molecule has 0 aliphatic heterocycles. The number of halogens is 1. The summed E-state index contributed by atoms with van der Waals surface area (Å²) in [6.07, 6.45) is 2.11. The number of benzene rings is 4. The number of hydrogen-bond donors (Lipinski definition) is 5. The van der Waals surface area contributed by atoms with Gasteiger partial charge in [-0.3, -0.25) is 4.79 Å². The fourth-order valence-electron chi connectivity index (χ4n) is 8.08. The summed E-state index contributed by atoms with van der Waals surface area (Å²) in [5.41, 5.74) is 10.3. The molecule has 6 N–H and O–H groups in total. The first kappa shape index (κ1) is 44.4. The first-order chi connectivity index (χ1) is 29.9. The summed E-state index contributed by atoms with van der Waals surface area (Å²) in [4.78, 5) is 59.2. The van der Waals surface area contributed by atoms with E-state index in [2.05, 4.69) is 31.6 Å². The van der Waals surface area contributed by atoms with Crippen LogP contribution in [0.2, 0.25) is 0 Å². The van der Waals surface area contributed by atoms with E-state index >= 15 is 0 Å². The van der Waals surface area contributed by atoms with E-state index in [1.54, 1.807) is 53.7 Å². The second-order valence-electron chi connectivity index (χ2n) is 18.1. The summed E-state index contributed by atoms with van der Waals surface area (Å²) >= 11 is 0. The smallest absolute Gasteiger partial charge is 0.408 e. The average Bonchev–Trinajstić information content (AvgIpc) is 3.78. The molecule has 14 nitrogen and oxygen atoms in total. The van der Waals surface area contributed by atoms with E-state index in [-0.39, 0.29) is 24.4 Å². The van der Waals surface area contributed by atoms with Gasteiger partial charge in [0.2, 0.25) is 0 Å². The minimum Gasteiger partial charge on any atom is -0.461 e. The van der Waals surface area contributed by atoms with Gasteiger partial charge in [-0.1, -0.05) is 30.3 Å². The molecule has 1 saturated carbocycles. The Bertz CT molecular complexity index is 2650. The average molecular weight is 862 g/mol. The van der Waals surface area contributed by atoms with Gasteiger partial charge in [0.05, 0.1) is 27.6 Å². The predicted molar refractivity (Wildman–Crippen MR) is 241 cm³/mol. The van der Waals surface area contributed by atoms with Gasteiger partial charge in [0.1, 0.15) is 35.0 Å². The van der Waals surface area contributed by atoms with Gasteiger partial charge in [0.15, 0.2) is 0 Å². The van der Waals surface area contributed by atoms with Crippen molar-refractivity contribution in [2.24, 2.45) is 5.73 Å². The number of aromatic amines is 1. The third kappa shape index (κ3) is 10.9. The van der Waals surface area contributed by atoms with Gasteiger partial charge in [-0.2, -0.15) is 0 Å². The Labute approximate surface area is 365 Å². The van der Waals surface area contributed by atoms with Crippen LogP contribution in [0.25, 0.3) is 49.9 Å². The highest BCUT2D eigenvalue weighted by molar-refractivity contribution is 6.15. The summed E-state index contributed by atoms with van der Waals surface area (Å²) in [6, 6.07) is 23.1. The molecule has 3 amide bonds. The van der Waals surface area contributed by atoms with Crippen molar-refractivity contribution in [1.29, 1.82) is 0 Å². The Morgan fingerprint density at radius 1 is 0.857 bits per heavy atom. The summed E-state index contributed by atoms with van der Waals surface area (Å²) < 4.78 is 32.9. The minimum atomic E-state index is -0.946. The number of nitrogens with two attached hydrogens (primary N) is 1. The van der Waals surface area contributed by atoms with E-state index in [1.165, 1.54) is 12.1 Å². The summed E-state index contributed by atoms with van der Waals surface area (Å²) in [7, 11) is 0. The summed E-state index contributed by atoms with van der Waals surface area (Å²) in [5.74, 6) is -0.843. The Kier molecular flexibility index (Phi) is 13.0. The number of ether oxygens (including phenoxy) is 3. The number of esters is 1. The van der Waals surface area contributed by atoms with Gasteiger partial charge in [0.25, 0.3) is 5.91 Å². The number of nitrogens with one attached hydrogen (secondary N) is 4. The van der Waals surface area contributed by atoms with Gasteiger partial charge >= 0.3 is 18.2 Å². The van der Waals surface area contributed by atoms with Crippen LogP contribution in [0.3, 0.4) is 0 Å². The van der Waals surface area contributed by atoms with Crippen molar-refractivity contribution in [3.8, 4) is 17.1 Å². The molecule has 63 heavy (non-hydrogen) atoms. The molecule has 0 unspecified atom stereocenters. The van der Waals surface area contributed by atoms with Crippen molar-refractivity contribution in [2.75, 3.05) is 11.9 Å².